The van der Waals surface area contributed by atoms with Crippen LogP contribution in [-0.4, -0.2) is 43.9 Å². The zero-order valence-corrected chi connectivity index (χ0v) is 12.9. The smallest absolute Gasteiger partial charge is 0.165 e. The predicted molar refractivity (Wildman–Crippen MR) is 81.4 cm³/mol. The van der Waals surface area contributed by atoms with Gasteiger partial charge in [-0.15, -0.1) is 0 Å². The first-order valence-electron chi connectivity index (χ1n) is 8.06. The molecule has 1 saturated heterocycles. The number of halogens is 1. The molecule has 1 aromatic carbocycles. The summed E-state index contributed by atoms with van der Waals surface area (Å²) in [6, 6.07) is 4.56. The topological polar surface area (TPSA) is 21.7 Å². The van der Waals surface area contributed by atoms with Crippen LogP contribution in [0.4, 0.5) is 4.39 Å². The van der Waals surface area contributed by atoms with Crippen LogP contribution in [0, 0.1) is 5.92 Å². The van der Waals surface area contributed by atoms with E-state index in [9.17, 15) is 4.39 Å². The molecule has 4 heteroatoms. The van der Waals surface area contributed by atoms with Crippen LogP contribution in [0.2, 0.25) is 0 Å². The summed E-state index contributed by atoms with van der Waals surface area (Å²) in [5.74, 6) is 1.87. The number of hydrogen-bond donors (Lipinski definition) is 0. The van der Waals surface area contributed by atoms with E-state index in [0.29, 0.717) is 12.0 Å². The number of nitrogens with zero attached hydrogens (tertiary/aromatic N) is 1. The SMILES string of the molecule is COc1ccc2c3c1O[C@H]1[C@@H](F)C=C[C@H]4[C@@H](C2)N(C)CC[C@@]341. The molecule has 4 aliphatic rings. The number of alkyl halides is 1. The summed E-state index contributed by atoms with van der Waals surface area (Å²) < 4.78 is 26.4. The van der Waals surface area contributed by atoms with Gasteiger partial charge in [0, 0.05) is 22.9 Å². The number of ether oxygens (including phenoxy) is 2. The Labute approximate surface area is 129 Å². The molecular formula is C18H20FNO2. The Balaban J connectivity index is 1.82. The van der Waals surface area contributed by atoms with Crippen molar-refractivity contribution in [2.45, 2.75) is 36.6 Å². The molecule has 3 nitrogen and oxygen atoms in total. The number of hydrogen-bond acceptors (Lipinski definition) is 3. The summed E-state index contributed by atoms with van der Waals surface area (Å²) in [5, 5.41) is 0. The molecule has 0 saturated carbocycles. The van der Waals surface area contributed by atoms with Crippen molar-refractivity contribution in [1.82, 2.24) is 4.90 Å². The third-order valence-corrected chi connectivity index (χ3v) is 6.32. The predicted octanol–water partition coefficient (Wildman–Crippen LogP) is 2.48. The largest absolute Gasteiger partial charge is 0.493 e. The van der Waals surface area contributed by atoms with E-state index in [2.05, 4.69) is 24.1 Å². The first-order valence-corrected chi connectivity index (χ1v) is 8.06. The fourth-order valence-electron chi connectivity index (χ4n) is 5.36. The Morgan fingerprint density at radius 3 is 3.05 bits per heavy atom. The molecule has 5 rings (SSSR count). The summed E-state index contributed by atoms with van der Waals surface area (Å²) in [7, 11) is 3.84. The Morgan fingerprint density at radius 2 is 2.23 bits per heavy atom. The van der Waals surface area contributed by atoms with Crippen LogP contribution in [0.15, 0.2) is 24.3 Å². The van der Waals surface area contributed by atoms with Gasteiger partial charge in [0.2, 0.25) is 0 Å². The van der Waals surface area contributed by atoms with Gasteiger partial charge in [-0.05, 0) is 38.1 Å². The van der Waals surface area contributed by atoms with E-state index in [1.807, 2.05) is 6.07 Å². The van der Waals surface area contributed by atoms with Crippen molar-refractivity contribution < 1.29 is 13.9 Å². The van der Waals surface area contributed by atoms with Gasteiger partial charge in [0.25, 0.3) is 0 Å². The maximum Gasteiger partial charge on any atom is 0.165 e. The molecule has 116 valence electrons. The second kappa shape index (κ2) is 4.05. The number of likely N-dealkylation sites (tertiary alicyclic amines) is 1. The lowest BCUT2D eigenvalue weighted by atomic mass is 9.53. The van der Waals surface area contributed by atoms with Crippen molar-refractivity contribution in [2.75, 3.05) is 20.7 Å². The highest BCUT2D eigenvalue weighted by atomic mass is 19.1. The van der Waals surface area contributed by atoms with E-state index in [-0.39, 0.29) is 5.41 Å². The molecular weight excluding hydrogens is 281 g/mol. The van der Waals surface area contributed by atoms with Crippen molar-refractivity contribution >= 4 is 0 Å². The highest BCUT2D eigenvalue weighted by Crippen LogP contribution is 2.62. The first kappa shape index (κ1) is 12.9. The lowest BCUT2D eigenvalue weighted by molar-refractivity contribution is -0.0245. The zero-order valence-electron chi connectivity index (χ0n) is 12.9. The molecule has 0 radical (unpaired) electrons. The first-order chi connectivity index (χ1) is 10.7. The van der Waals surface area contributed by atoms with Crippen molar-refractivity contribution in [1.29, 1.82) is 0 Å². The maximum atomic E-state index is 14.7. The van der Waals surface area contributed by atoms with E-state index >= 15 is 0 Å². The van der Waals surface area contributed by atoms with Gasteiger partial charge in [0.1, 0.15) is 6.10 Å². The second-order valence-corrected chi connectivity index (χ2v) is 7.07. The van der Waals surface area contributed by atoms with Gasteiger partial charge in [-0.1, -0.05) is 18.2 Å². The van der Waals surface area contributed by atoms with Crippen molar-refractivity contribution in [3.8, 4) is 11.5 Å². The van der Waals surface area contributed by atoms with E-state index < -0.39 is 12.3 Å². The molecule has 5 atom stereocenters. The molecule has 0 unspecified atom stereocenters. The molecule has 22 heavy (non-hydrogen) atoms. The van der Waals surface area contributed by atoms with Crippen LogP contribution in [0.25, 0.3) is 0 Å². The molecule has 2 aliphatic heterocycles. The van der Waals surface area contributed by atoms with Gasteiger partial charge in [-0.2, -0.15) is 0 Å². The molecule has 2 heterocycles. The summed E-state index contributed by atoms with van der Waals surface area (Å²) in [6.45, 7) is 0.998. The van der Waals surface area contributed by atoms with Gasteiger partial charge in [0.15, 0.2) is 17.7 Å². The number of likely N-dealkylation sites (N-methyl/N-ethyl adjacent to an activating group) is 1. The van der Waals surface area contributed by atoms with E-state index in [1.165, 1.54) is 11.1 Å². The lowest BCUT2D eigenvalue weighted by Gasteiger charge is -2.56. The molecule has 0 aromatic heterocycles. The Bertz CT molecular complexity index is 688. The Kier molecular flexibility index (Phi) is 2.38. The molecule has 1 aromatic rings. The molecule has 0 amide bonds. The number of rotatable bonds is 1. The summed E-state index contributed by atoms with van der Waals surface area (Å²) in [4.78, 5) is 2.43. The van der Waals surface area contributed by atoms with Crippen LogP contribution in [-0.2, 0) is 11.8 Å². The lowest BCUT2D eigenvalue weighted by Crippen LogP contribution is -2.64. The minimum atomic E-state index is -1.04. The minimum absolute atomic E-state index is 0.206. The monoisotopic (exact) mass is 301 g/mol. The molecule has 2 aliphatic carbocycles. The minimum Gasteiger partial charge on any atom is -0.493 e. The third-order valence-electron chi connectivity index (χ3n) is 6.32. The summed E-state index contributed by atoms with van der Waals surface area (Å²) in [6.07, 6.45) is 4.35. The van der Waals surface area contributed by atoms with Crippen LogP contribution >= 0.6 is 0 Å². The van der Waals surface area contributed by atoms with Gasteiger partial charge in [-0.25, -0.2) is 4.39 Å². The summed E-state index contributed by atoms with van der Waals surface area (Å²) in [5.41, 5.74) is 2.34. The van der Waals surface area contributed by atoms with Gasteiger partial charge in [-0.3, -0.25) is 0 Å². The standard InChI is InChI=1S/C18H20FNO2/c1-20-8-7-18-11-4-5-12(19)17(18)22-16-14(21-2)6-3-10(15(16)18)9-13(11)20/h3-6,11-13,17H,7-9H2,1-2H3/t11-,12-,13+,17-,18-/m0/s1. The second-order valence-electron chi connectivity index (χ2n) is 7.07. The number of benzene rings is 1. The summed E-state index contributed by atoms with van der Waals surface area (Å²) >= 11 is 0. The van der Waals surface area contributed by atoms with Crippen molar-refractivity contribution in [3.63, 3.8) is 0 Å². The molecule has 1 spiro atoms. The average molecular weight is 301 g/mol. The number of methoxy groups -OCH3 is 1. The quantitative estimate of drug-likeness (QED) is 0.744. The molecule has 0 N–H and O–H groups in total. The van der Waals surface area contributed by atoms with Gasteiger partial charge < -0.3 is 14.4 Å². The van der Waals surface area contributed by atoms with E-state index in [1.54, 1.807) is 13.2 Å². The van der Waals surface area contributed by atoms with Crippen LogP contribution < -0.4 is 9.47 Å². The highest BCUT2D eigenvalue weighted by molar-refractivity contribution is 5.62. The van der Waals surface area contributed by atoms with Crippen molar-refractivity contribution in [3.05, 3.63) is 35.4 Å². The zero-order chi connectivity index (χ0) is 15.1. The highest BCUT2D eigenvalue weighted by Gasteiger charge is 2.64. The third kappa shape index (κ3) is 1.27. The van der Waals surface area contributed by atoms with Crippen LogP contribution in [0.5, 0.6) is 11.5 Å². The normalized spacial score (nSPS) is 41.0. The van der Waals surface area contributed by atoms with E-state index in [4.69, 9.17) is 9.47 Å². The number of piperidine rings is 1. The van der Waals surface area contributed by atoms with Gasteiger partial charge in [0.05, 0.1) is 7.11 Å². The van der Waals surface area contributed by atoms with Crippen LogP contribution in [0.3, 0.4) is 0 Å². The average Bonchev–Trinajstić information content (AvgIpc) is 2.88. The molecule has 2 bridgehead atoms. The van der Waals surface area contributed by atoms with Crippen molar-refractivity contribution in [2.24, 2.45) is 5.92 Å². The molecule has 1 fully saturated rings. The van der Waals surface area contributed by atoms with E-state index in [0.717, 1.165) is 30.9 Å². The Morgan fingerprint density at radius 1 is 1.36 bits per heavy atom. The maximum absolute atomic E-state index is 14.7. The Hall–Kier alpha value is -1.55. The van der Waals surface area contributed by atoms with Crippen LogP contribution in [0.1, 0.15) is 17.5 Å². The van der Waals surface area contributed by atoms with Gasteiger partial charge >= 0.3 is 0 Å². The fraction of sp³-hybridized carbons (Fsp3) is 0.556. The fourth-order valence-corrected chi connectivity index (χ4v) is 5.36.